The lowest BCUT2D eigenvalue weighted by Gasteiger charge is -2.10. The summed E-state index contributed by atoms with van der Waals surface area (Å²) in [6.45, 7) is 2.24. The molecule has 1 atom stereocenters. The van der Waals surface area contributed by atoms with Crippen molar-refractivity contribution in [2.45, 2.75) is 44.9 Å². The molecule has 0 fully saturated rings. The van der Waals surface area contributed by atoms with Crippen molar-refractivity contribution in [3.8, 4) is 5.75 Å². The molecule has 1 aliphatic carbocycles. The number of rotatable bonds is 3. The first-order valence-corrected chi connectivity index (χ1v) is 5.63. The van der Waals surface area contributed by atoms with Crippen molar-refractivity contribution in [1.82, 2.24) is 0 Å². The SMILES string of the molecule is CCCCC1CCc2cc(O)ccc21. The summed E-state index contributed by atoms with van der Waals surface area (Å²) in [5, 5.41) is 9.36. The van der Waals surface area contributed by atoms with Gasteiger partial charge in [-0.1, -0.05) is 25.8 Å². The molecule has 0 bridgehead atoms. The molecule has 1 heteroatoms. The molecule has 0 saturated carbocycles. The zero-order chi connectivity index (χ0) is 9.97. The largest absolute Gasteiger partial charge is 0.508 e. The van der Waals surface area contributed by atoms with E-state index in [-0.39, 0.29) is 0 Å². The first-order chi connectivity index (χ1) is 6.81. The Hall–Kier alpha value is -0.980. The van der Waals surface area contributed by atoms with Gasteiger partial charge in [-0.15, -0.1) is 0 Å². The normalized spacial score (nSPS) is 19.6. The molecule has 0 saturated heterocycles. The first kappa shape index (κ1) is 9.57. The molecule has 76 valence electrons. The van der Waals surface area contributed by atoms with Crippen LogP contribution in [0.15, 0.2) is 18.2 Å². The number of aryl methyl sites for hydroxylation is 1. The van der Waals surface area contributed by atoms with Gasteiger partial charge in [-0.2, -0.15) is 0 Å². The van der Waals surface area contributed by atoms with Crippen molar-refractivity contribution in [3.05, 3.63) is 29.3 Å². The van der Waals surface area contributed by atoms with E-state index in [1.165, 1.54) is 36.8 Å². The monoisotopic (exact) mass is 190 g/mol. The Bertz CT molecular complexity index is 317. The second-order valence-corrected chi connectivity index (χ2v) is 4.26. The summed E-state index contributed by atoms with van der Waals surface area (Å²) in [6.07, 6.45) is 6.35. The number of hydrogen-bond acceptors (Lipinski definition) is 1. The second-order valence-electron chi connectivity index (χ2n) is 4.26. The molecule has 1 aromatic rings. The second kappa shape index (κ2) is 4.04. The summed E-state index contributed by atoms with van der Waals surface area (Å²) in [6, 6.07) is 5.86. The standard InChI is InChI=1S/C13H18O/c1-2-3-4-10-5-6-11-9-12(14)7-8-13(10)11/h7-10,14H,2-6H2,1H3. The zero-order valence-electron chi connectivity index (χ0n) is 8.79. The lowest BCUT2D eigenvalue weighted by Crippen LogP contribution is -1.92. The third kappa shape index (κ3) is 1.77. The molecule has 0 aliphatic heterocycles. The third-order valence-electron chi connectivity index (χ3n) is 3.23. The van der Waals surface area contributed by atoms with E-state index in [4.69, 9.17) is 0 Å². The van der Waals surface area contributed by atoms with Crippen molar-refractivity contribution in [1.29, 1.82) is 0 Å². The van der Waals surface area contributed by atoms with E-state index < -0.39 is 0 Å². The average Bonchev–Trinajstić information content (AvgIpc) is 2.57. The molecule has 1 aromatic carbocycles. The molecular weight excluding hydrogens is 172 g/mol. The number of hydrogen-bond donors (Lipinski definition) is 1. The average molecular weight is 190 g/mol. The molecule has 0 radical (unpaired) electrons. The van der Waals surface area contributed by atoms with Gasteiger partial charge < -0.3 is 5.11 Å². The zero-order valence-corrected chi connectivity index (χ0v) is 8.79. The Kier molecular flexibility index (Phi) is 2.76. The van der Waals surface area contributed by atoms with Gasteiger partial charge in [0, 0.05) is 0 Å². The molecule has 1 unspecified atom stereocenters. The van der Waals surface area contributed by atoms with E-state index in [2.05, 4.69) is 13.0 Å². The van der Waals surface area contributed by atoms with Gasteiger partial charge in [0.15, 0.2) is 0 Å². The minimum atomic E-state index is 0.417. The van der Waals surface area contributed by atoms with E-state index in [1.807, 2.05) is 12.1 Å². The highest BCUT2D eigenvalue weighted by Crippen LogP contribution is 2.37. The van der Waals surface area contributed by atoms with Crippen LogP contribution >= 0.6 is 0 Å². The Morgan fingerprint density at radius 1 is 1.43 bits per heavy atom. The van der Waals surface area contributed by atoms with E-state index in [0.717, 1.165) is 12.3 Å². The summed E-state index contributed by atoms with van der Waals surface area (Å²) < 4.78 is 0. The van der Waals surface area contributed by atoms with Gasteiger partial charge >= 0.3 is 0 Å². The Balaban J connectivity index is 2.14. The third-order valence-corrected chi connectivity index (χ3v) is 3.23. The Labute approximate surface area is 85.8 Å². The quantitative estimate of drug-likeness (QED) is 0.772. The summed E-state index contributed by atoms with van der Waals surface area (Å²) in [7, 11) is 0. The van der Waals surface area contributed by atoms with Crippen molar-refractivity contribution >= 4 is 0 Å². The van der Waals surface area contributed by atoms with Crippen LogP contribution in [0.2, 0.25) is 0 Å². The van der Waals surface area contributed by atoms with Crippen LogP contribution in [0.25, 0.3) is 0 Å². The van der Waals surface area contributed by atoms with Gasteiger partial charge in [-0.25, -0.2) is 0 Å². The van der Waals surface area contributed by atoms with Gasteiger partial charge in [-0.05, 0) is 48.4 Å². The van der Waals surface area contributed by atoms with E-state index >= 15 is 0 Å². The smallest absolute Gasteiger partial charge is 0.115 e. The van der Waals surface area contributed by atoms with Crippen LogP contribution in [0.4, 0.5) is 0 Å². The van der Waals surface area contributed by atoms with Gasteiger partial charge in [0.2, 0.25) is 0 Å². The lowest BCUT2D eigenvalue weighted by atomic mass is 9.95. The highest BCUT2D eigenvalue weighted by atomic mass is 16.3. The lowest BCUT2D eigenvalue weighted by molar-refractivity contribution is 0.474. The van der Waals surface area contributed by atoms with Crippen LogP contribution in [0, 0.1) is 0 Å². The van der Waals surface area contributed by atoms with Crippen LogP contribution in [-0.4, -0.2) is 5.11 Å². The maximum Gasteiger partial charge on any atom is 0.115 e. The summed E-state index contributed by atoms with van der Waals surface area (Å²) in [5.74, 6) is 1.17. The van der Waals surface area contributed by atoms with Crippen LogP contribution in [0.5, 0.6) is 5.75 Å². The van der Waals surface area contributed by atoms with Crippen LogP contribution < -0.4 is 0 Å². The predicted molar refractivity (Wildman–Crippen MR) is 58.7 cm³/mol. The molecular formula is C13H18O. The fraction of sp³-hybridized carbons (Fsp3) is 0.538. The molecule has 14 heavy (non-hydrogen) atoms. The van der Waals surface area contributed by atoms with Gasteiger partial charge in [0.05, 0.1) is 0 Å². The number of phenols is 1. The summed E-state index contributed by atoms with van der Waals surface area (Å²) in [4.78, 5) is 0. The van der Waals surface area contributed by atoms with Crippen LogP contribution in [0.1, 0.15) is 49.7 Å². The van der Waals surface area contributed by atoms with E-state index in [0.29, 0.717) is 5.75 Å². The summed E-state index contributed by atoms with van der Waals surface area (Å²) >= 11 is 0. The van der Waals surface area contributed by atoms with Crippen molar-refractivity contribution in [2.24, 2.45) is 0 Å². The Morgan fingerprint density at radius 2 is 2.29 bits per heavy atom. The highest BCUT2D eigenvalue weighted by Gasteiger charge is 2.21. The molecule has 0 amide bonds. The fourth-order valence-corrected chi connectivity index (χ4v) is 2.44. The molecule has 1 aliphatic rings. The molecule has 0 aromatic heterocycles. The molecule has 0 spiro atoms. The van der Waals surface area contributed by atoms with E-state index in [9.17, 15) is 5.11 Å². The topological polar surface area (TPSA) is 20.2 Å². The highest BCUT2D eigenvalue weighted by molar-refractivity contribution is 5.40. The first-order valence-electron chi connectivity index (χ1n) is 5.63. The number of unbranched alkanes of at least 4 members (excludes halogenated alkanes) is 1. The van der Waals surface area contributed by atoms with Gasteiger partial charge in [0.1, 0.15) is 5.75 Å². The van der Waals surface area contributed by atoms with Crippen molar-refractivity contribution < 1.29 is 5.11 Å². The predicted octanol–water partition coefficient (Wildman–Crippen LogP) is 3.61. The molecule has 1 nitrogen and oxygen atoms in total. The minimum Gasteiger partial charge on any atom is -0.508 e. The molecule has 1 N–H and O–H groups in total. The maximum atomic E-state index is 9.36. The van der Waals surface area contributed by atoms with Gasteiger partial charge in [-0.3, -0.25) is 0 Å². The number of fused-ring (bicyclic) bond motifs is 1. The van der Waals surface area contributed by atoms with Gasteiger partial charge in [0.25, 0.3) is 0 Å². The molecule has 2 rings (SSSR count). The summed E-state index contributed by atoms with van der Waals surface area (Å²) in [5.41, 5.74) is 2.85. The van der Waals surface area contributed by atoms with E-state index in [1.54, 1.807) is 0 Å². The maximum absolute atomic E-state index is 9.36. The molecule has 0 heterocycles. The van der Waals surface area contributed by atoms with Crippen molar-refractivity contribution in [2.75, 3.05) is 0 Å². The number of phenolic OH excluding ortho intramolecular Hbond substituents is 1. The van der Waals surface area contributed by atoms with Crippen molar-refractivity contribution in [3.63, 3.8) is 0 Å². The Morgan fingerprint density at radius 3 is 3.07 bits per heavy atom. The number of aromatic hydroxyl groups is 1. The minimum absolute atomic E-state index is 0.417. The number of benzene rings is 1. The fourth-order valence-electron chi connectivity index (χ4n) is 2.44. The van der Waals surface area contributed by atoms with Crippen LogP contribution in [-0.2, 0) is 6.42 Å². The van der Waals surface area contributed by atoms with Crippen LogP contribution in [0.3, 0.4) is 0 Å².